The first kappa shape index (κ1) is 16.3. The van der Waals surface area contributed by atoms with Gasteiger partial charge in [-0.15, -0.1) is 0 Å². The van der Waals surface area contributed by atoms with E-state index in [9.17, 15) is 13.2 Å². The molecule has 0 fully saturated rings. The van der Waals surface area contributed by atoms with Crippen LogP contribution in [0.3, 0.4) is 0 Å². The van der Waals surface area contributed by atoms with Crippen LogP contribution in [0, 0.1) is 6.92 Å². The van der Waals surface area contributed by atoms with Crippen LogP contribution < -0.4 is 0 Å². The molecule has 3 rings (SSSR count). The van der Waals surface area contributed by atoms with Crippen LogP contribution in [0.15, 0.2) is 45.0 Å². The molecule has 0 saturated carbocycles. The van der Waals surface area contributed by atoms with Crippen LogP contribution in [-0.2, 0) is 20.8 Å². The van der Waals surface area contributed by atoms with Gasteiger partial charge in [-0.2, -0.15) is 8.42 Å². The van der Waals surface area contributed by atoms with Crippen molar-refractivity contribution in [3.8, 4) is 0 Å². The molecule has 0 saturated heterocycles. The van der Waals surface area contributed by atoms with E-state index in [-0.39, 0.29) is 16.2 Å². The molecule has 1 aromatic heterocycles. The zero-order valence-corrected chi connectivity index (χ0v) is 13.7. The SMILES string of the molecule is Cc1ccc(S(=O)(=O)O/N=C2\CCCc3c(C(=O)O)coc32)cc1. The lowest BCUT2D eigenvalue weighted by Gasteiger charge is -2.12. The van der Waals surface area contributed by atoms with Crippen LogP contribution in [0.1, 0.15) is 40.1 Å². The van der Waals surface area contributed by atoms with Gasteiger partial charge in [0, 0.05) is 5.56 Å². The number of hydrogen-bond donors (Lipinski definition) is 1. The topological polar surface area (TPSA) is 106 Å². The molecule has 0 spiro atoms. The summed E-state index contributed by atoms with van der Waals surface area (Å²) in [4.78, 5) is 11.1. The highest BCUT2D eigenvalue weighted by Gasteiger charge is 2.27. The number of benzene rings is 1. The number of carboxylic acid groups (broad SMARTS) is 1. The second-order valence-electron chi connectivity index (χ2n) is 5.50. The first-order valence-electron chi connectivity index (χ1n) is 7.30. The minimum Gasteiger partial charge on any atom is -0.478 e. The predicted octanol–water partition coefficient (Wildman–Crippen LogP) is 2.73. The van der Waals surface area contributed by atoms with Crippen molar-refractivity contribution in [3.63, 3.8) is 0 Å². The summed E-state index contributed by atoms with van der Waals surface area (Å²) < 4.78 is 34.4. The van der Waals surface area contributed by atoms with Crippen LogP contribution in [0.25, 0.3) is 0 Å². The van der Waals surface area contributed by atoms with Gasteiger partial charge in [-0.25, -0.2) is 4.79 Å². The molecule has 0 atom stereocenters. The van der Waals surface area contributed by atoms with Gasteiger partial charge in [-0.3, -0.25) is 4.28 Å². The highest BCUT2D eigenvalue weighted by molar-refractivity contribution is 7.86. The van der Waals surface area contributed by atoms with E-state index >= 15 is 0 Å². The average molecular weight is 349 g/mol. The van der Waals surface area contributed by atoms with Crippen molar-refractivity contribution in [1.29, 1.82) is 0 Å². The summed E-state index contributed by atoms with van der Waals surface area (Å²) in [5, 5.41) is 12.8. The zero-order chi connectivity index (χ0) is 17.3. The van der Waals surface area contributed by atoms with Crippen molar-refractivity contribution in [2.75, 3.05) is 0 Å². The third-order valence-corrected chi connectivity index (χ3v) is 4.90. The Morgan fingerprint density at radius 2 is 1.96 bits per heavy atom. The molecule has 8 heteroatoms. The third kappa shape index (κ3) is 3.05. The number of fused-ring (bicyclic) bond motifs is 1. The monoisotopic (exact) mass is 349 g/mol. The van der Waals surface area contributed by atoms with Gasteiger partial charge in [0.2, 0.25) is 0 Å². The molecule has 24 heavy (non-hydrogen) atoms. The Morgan fingerprint density at radius 3 is 2.62 bits per heavy atom. The normalized spacial score (nSPS) is 16.0. The molecule has 0 bridgehead atoms. The smallest absolute Gasteiger partial charge is 0.358 e. The predicted molar refractivity (Wildman–Crippen MR) is 84.6 cm³/mol. The standard InChI is InChI=1S/C16H15NO6S/c1-10-5-7-11(8-6-10)24(20,21)23-17-14-4-2-3-12-13(16(18)19)9-22-15(12)14/h5-9H,2-4H2,1H3,(H,18,19)/b17-14+. The number of carboxylic acids is 1. The minimum absolute atomic E-state index is 0.000784. The number of aromatic carboxylic acids is 1. The fourth-order valence-corrected chi connectivity index (χ4v) is 3.27. The summed E-state index contributed by atoms with van der Waals surface area (Å²) in [7, 11) is -4.03. The van der Waals surface area contributed by atoms with E-state index in [2.05, 4.69) is 5.16 Å². The van der Waals surface area contributed by atoms with Gasteiger partial charge in [-0.1, -0.05) is 22.9 Å². The molecule has 0 amide bonds. The number of oxime groups is 1. The largest absolute Gasteiger partial charge is 0.478 e. The van der Waals surface area contributed by atoms with E-state index < -0.39 is 16.1 Å². The van der Waals surface area contributed by atoms with Crippen LogP contribution in [-0.4, -0.2) is 25.2 Å². The van der Waals surface area contributed by atoms with Crippen LogP contribution in [0.5, 0.6) is 0 Å². The Hall–Kier alpha value is -2.61. The Bertz CT molecular complexity index is 909. The second kappa shape index (κ2) is 6.12. The second-order valence-corrected chi connectivity index (χ2v) is 7.02. The van der Waals surface area contributed by atoms with E-state index in [1.54, 1.807) is 12.1 Å². The van der Waals surface area contributed by atoms with E-state index in [1.807, 2.05) is 6.92 Å². The maximum atomic E-state index is 12.2. The number of hydrogen-bond acceptors (Lipinski definition) is 6. The van der Waals surface area contributed by atoms with Crippen LogP contribution in [0.4, 0.5) is 0 Å². The molecular weight excluding hydrogens is 334 g/mol. The van der Waals surface area contributed by atoms with Gasteiger partial charge >= 0.3 is 16.1 Å². The highest BCUT2D eigenvalue weighted by Crippen LogP contribution is 2.27. The first-order valence-corrected chi connectivity index (χ1v) is 8.70. The molecule has 0 radical (unpaired) electrons. The number of furan rings is 1. The van der Waals surface area contributed by atoms with Crippen molar-refractivity contribution in [2.45, 2.75) is 31.1 Å². The number of carbonyl (C=O) groups is 1. The van der Waals surface area contributed by atoms with Gasteiger partial charge in [0.15, 0.2) is 5.76 Å². The Balaban J connectivity index is 1.88. The van der Waals surface area contributed by atoms with Crippen molar-refractivity contribution >= 4 is 21.8 Å². The summed E-state index contributed by atoms with van der Waals surface area (Å²) in [5.41, 5.74) is 1.80. The quantitative estimate of drug-likeness (QED) is 0.851. The van der Waals surface area contributed by atoms with E-state index in [1.165, 1.54) is 12.1 Å². The van der Waals surface area contributed by atoms with Crippen molar-refractivity contribution < 1.29 is 27.0 Å². The van der Waals surface area contributed by atoms with Crippen molar-refractivity contribution in [1.82, 2.24) is 0 Å². The molecule has 1 aliphatic rings. The lowest BCUT2D eigenvalue weighted by molar-refractivity contribution is 0.0695. The molecule has 0 aliphatic heterocycles. The zero-order valence-electron chi connectivity index (χ0n) is 12.9. The molecule has 126 valence electrons. The molecule has 1 aromatic carbocycles. The van der Waals surface area contributed by atoms with E-state index in [0.29, 0.717) is 30.5 Å². The number of rotatable bonds is 4. The lowest BCUT2D eigenvalue weighted by atomic mass is 9.94. The Morgan fingerprint density at radius 1 is 1.25 bits per heavy atom. The first-order chi connectivity index (χ1) is 11.4. The average Bonchev–Trinajstić information content (AvgIpc) is 2.98. The Labute approximate surface area is 138 Å². The molecule has 1 N–H and O–H groups in total. The van der Waals surface area contributed by atoms with E-state index in [0.717, 1.165) is 11.8 Å². The molecule has 7 nitrogen and oxygen atoms in total. The summed E-state index contributed by atoms with van der Waals surface area (Å²) in [5.74, 6) is -0.813. The third-order valence-electron chi connectivity index (χ3n) is 3.78. The van der Waals surface area contributed by atoms with E-state index in [4.69, 9.17) is 13.8 Å². The minimum atomic E-state index is -4.03. The fraction of sp³-hybridized carbons (Fsp3) is 0.250. The maximum absolute atomic E-state index is 12.2. The summed E-state index contributed by atoms with van der Waals surface area (Å²) in [6, 6.07) is 6.20. The summed E-state index contributed by atoms with van der Waals surface area (Å²) in [6.07, 6.45) is 2.77. The fourth-order valence-electron chi connectivity index (χ4n) is 2.53. The van der Waals surface area contributed by atoms with Gasteiger partial charge in [0.25, 0.3) is 0 Å². The molecule has 1 heterocycles. The molecule has 1 aliphatic carbocycles. The van der Waals surface area contributed by atoms with Crippen molar-refractivity contribution in [3.05, 3.63) is 53.0 Å². The molecule has 0 unspecified atom stereocenters. The summed E-state index contributed by atoms with van der Waals surface area (Å²) >= 11 is 0. The van der Waals surface area contributed by atoms with Gasteiger partial charge < -0.3 is 9.52 Å². The van der Waals surface area contributed by atoms with Gasteiger partial charge in [0.05, 0.1) is 0 Å². The maximum Gasteiger partial charge on any atom is 0.358 e. The Kier molecular flexibility index (Phi) is 4.15. The van der Waals surface area contributed by atoms with Crippen LogP contribution >= 0.6 is 0 Å². The van der Waals surface area contributed by atoms with Gasteiger partial charge in [-0.05, 0) is 38.3 Å². The molecular formula is C16H15NO6S. The number of nitrogens with zero attached hydrogens (tertiary/aromatic N) is 1. The van der Waals surface area contributed by atoms with Gasteiger partial charge in [0.1, 0.15) is 22.4 Å². The summed E-state index contributed by atoms with van der Waals surface area (Å²) in [6.45, 7) is 1.85. The number of aryl methyl sites for hydroxylation is 1. The van der Waals surface area contributed by atoms with Crippen molar-refractivity contribution in [2.24, 2.45) is 5.16 Å². The molecule has 2 aromatic rings. The lowest BCUT2D eigenvalue weighted by Crippen LogP contribution is -2.14. The highest BCUT2D eigenvalue weighted by atomic mass is 32.2. The van der Waals surface area contributed by atoms with Crippen LogP contribution in [0.2, 0.25) is 0 Å².